The van der Waals surface area contributed by atoms with Crippen molar-refractivity contribution in [1.29, 1.82) is 0 Å². The molecule has 1 aliphatic carbocycles. The van der Waals surface area contributed by atoms with Crippen molar-refractivity contribution in [3.8, 4) is 0 Å². The Morgan fingerprint density at radius 2 is 1.81 bits per heavy atom. The maximum absolute atomic E-state index is 15.1. The molecule has 2 aliphatic rings. The van der Waals surface area contributed by atoms with Crippen molar-refractivity contribution < 1.29 is 29.4 Å². The van der Waals surface area contributed by atoms with Crippen LogP contribution in [0.4, 0.5) is 10.1 Å². The number of nitrogens with one attached hydrogen (secondary N) is 3. The van der Waals surface area contributed by atoms with Gasteiger partial charge in [-0.15, -0.1) is 0 Å². The first-order chi connectivity index (χ1) is 17.1. The molecule has 1 saturated heterocycles. The lowest BCUT2D eigenvalue weighted by Crippen LogP contribution is -3.12. The molecule has 1 aliphatic heterocycles. The Hall–Kier alpha value is -2.52. The fourth-order valence-corrected chi connectivity index (χ4v) is 5.22. The summed E-state index contributed by atoms with van der Waals surface area (Å²) in [5, 5.41) is 5.57. The van der Waals surface area contributed by atoms with Crippen LogP contribution in [0.3, 0.4) is 0 Å². The highest BCUT2D eigenvalue weighted by molar-refractivity contribution is 5.94. The van der Waals surface area contributed by atoms with Crippen LogP contribution in [0.1, 0.15) is 64.4 Å². The summed E-state index contributed by atoms with van der Waals surface area (Å²) in [5.74, 6) is -0.737. The average Bonchev–Trinajstić information content (AvgIpc) is 2.87. The molecule has 0 unspecified atom stereocenters. The molecule has 0 spiro atoms. The van der Waals surface area contributed by atoms with Crippen LogP contribution >= 0.6 is 0 Å². The maximum atomic E-state index is 15.1. The van der Waals surface area contributed by atoms with Gasteiger partial charge >= 0.3 is 0 Å². The third kappa shape index (κ3) is 7.03. The van der Waals surface area contributed by atoms with E-state index >= 15 is 4.39 Å². The Morgan fingerprint density at radius 3 is 2.39 bits per heavy atom. The number of quaternary nitrogens is 2. The molecule has 6 N–H and O–H groups in total. The average molecular weight is 506 g/mol. The minimum Gasteiger partial charge on any atom is -0.347 e. The number of hydrogen-bond acceptors (Lipinski definition) is 3. The van der Waals surface area contributed by atoms with E-state index < -0.39 is 23.8 Å². The van der Waals surface area contributed by atoms with Gasteiger partial charge in [0.15, 0.2) is 6.04 Å². The van der Waals surface area contributed by atoms with Gasteiger partial charge in [-0.3, -0.25) is 14.4 Å². The molecule has 8 nitrogen and oxygen atoms in total. The number of halogens is 1. The fraction of sp³-hybridized carbons (Fsp3) is 0.667. The number of carbonyl (C=O) groups is 3. The molecular formula is C27H44FN5O3+2. The van der Waals surface area contributed by atoms with Gasteiger partial charge in [-0.2, -0.15) is 0 Å². The van der Waals surface area contributed by atoms with E-state index in [-0.39, 0.29) is 35.7 Å². The van der Waals surface area contributed by atoms with Gasteiger partial charge in [0.1, 0.15) is 11.9 Å². The quantitative estimate of drug-likeness (QED) is 0.414. The molecule has 1 saturated carbocycles. The largest absolute Gasteiger partial charge is 0.347 e. The number of anilines is 1. The van der Waals surface area contributed by atoms with Crippen LogP contribution in [-0.2, 0) is 14.4 Å². The van der Waals surface area contributed by atoms with Crippen molar-refractivity contribution in [2.24, 2.45) is 11.8 Å². The molecular weight excluding hydrogens is 461 g/mol. The molecule has 1 heterocycles. The van der Waals surface area contributed by atoms with Crippen molar-refractivity contribution in [2.75, 3.05) is 38.5 Å². The molecule has 0 radical (unpaired) electrons. The highest BCUT2D eigenvalue weighted by Crippen LogP contribution is 2.30. The number of amides is 3. The van der Waals surface area contributed by atoms with Crippen molar-refractivity contribution in [3.63, 3.8) is 0 Å². The first-order valence-electron chi connectivity index (χ1n) is 13.4. The number of hydrogen-bond donors (Lipinski definition) is 4. The third-order valence-corrected chi connectivity index (χ3v) is 8.08. The Morgan fingerprint density at radius 1 is 1.17 bits per heavy atom. The van der Waals surface area contributed by atoms with Gasteiger partial charge in [0, 0.05) is 18.3 Å². The zero-order valence-electron chi connectivity index (χ0n) is 22.2. The molecule has 0 aromatic heterocycles. The van der Waals surface area contributed by atoms with Gasteiger partial charge < -0.3 is 26.2 Å². The van der Waals surface area contributed by atoms with E-state index in [2.05, 4.69) is 30.3 Å². The lowest BCUT2D eigenvalue weighted by molar-refractivity contribution is -0.883. The minimum absolute atomic E-state index is 0.108. The van der Waals surface area contributed by atoms with Gasteiger partial charge in [-0.1, -0.05) is 39.7 Å². The summed E-state index contributed by atoms with van der Waals surface area (Å²) in [6.45, 7) is 8.74. The topological polar surface area (TPSA) is 111 Å². The van der Waals surface area contributed by atoms with Gasteiger partial charge in [0.2, 0.25) is 11.8 Å². The molecule has 3 atom stereocenters. The van der Waals surface area contributed by atoms with E-state index in [9.17, 15) is 14.4 Å². The SMILES string of the molecule is CCC(=O)N[C@@H](C(=O)N1CC[NH+](C)CC1)[C@@H](C)c1ccc(NC(=O)[C@@H]([NH3+])C2CCC(C)CC2)c(F)c1. The summed E-state index contributed by atoms with van der Waals surface area (Å²) in [5.41, 5.74) is 4.77. The normalized spacial score (nSPS) is 23.4. The zero-order chi connectivity index (χ0) is 26.4. The van der Waals surface area contributed by atoms with E-state index in [1.165, 1.54) is 17.0 Å². The first kappa shape index (κ1) is 28.1. The van der Waals surface area contributed by atoms with Crippen LogP contribution in [0.5, 0.6) is 0 Å². The van der Waals surface area contributed by atoms with Gasteiger partial charge in [-0.25, -0.2) is 4.39 Å². The molecule has 3 amide bonds. The molecule has 2 fully saturated rings. The van der Waals surface area contributed by atoms with Crippen LogP contribution in [-0.4, -0.2) is 67.9 Å². The van der Waals surface area contributed by atoms with Crippen molar-refractivity contribution in [2.45, 2.75) is 70.9 Å². The predicted octanol–water partition coefficient (Wildman–Crippen LogP) is 0.556. The molecule has 200 valence electrons. The fourth-order valence-electron chi connectivity index (χ4n) is 5.22. The Labute approximate surface area is 214 Å². The zero-order valence-corrected chi connectivity index (χ0v) is 22.2. The van der Waals surface area contributed by atoms with Gasteiger partial charge in [0.05, 0.1) is 38.9 Å². The van der Waals surface area contributed by atoms with Crippen LogP contribution in [0.2, 0.25) is 0 Å². The van der Waals surface area contributed by atoms with E-state index in [4.69, 9.17) is 0 Å². The maximum Gasteiger partial charge on any atom is 0.282 e. The van der Waals surface area contributed by atoms with Crippen LogP contribution in [0, 0.1) is 17.7 Å². The number of likely N-dealkylation sites (N-methyl/N-ethyl adjacent to an activating group) is 1. The Balaban J connectivity index is 1.71. The van der Waals surface area contributed by atoms with E-state index in [1.54, 1.807) is 17.9 Å². The molecule has 0 bridgehead atoms. The molecule has 9 heteroatoms. The molecule has 36 heavy (non-hydrogen) atoms. The van der Waals surface area contributed by atoms with Crippen LogP contribution in [0.15, 0.2) is 18.2 Å². The monoisotopic (exact) mass is 505 g/mol. The smallest absolute Gasteiger partial charge is 0.282 e. The second-order valence-corrected chi connectivity index (χ2v) is 10.8. The Kier molecular flexibility index (Phi) is 9.84. The van der Waals surface area contributed by atoms with Crippen molar-refractivity contribution in [1.82, 2.24) is 10.2 Å². The first-order valence-corrected chi connectivity index (χ1v) is 13.4. The number of nitrogens with zero attached hydrogens (tertiary/aromatic N) is 1. The van der Waals surface area contributed by atoms with Gasteiger partial charge in [0.25, 0.3) is 5.91 Å². The predicted molar refractivity (Wildman–Crippen MR) is 137 cm³/mol. The molecule has 3 rings (SSSR count). The van der Waals surface area contributed by atoms with Gasteiger partial charge in [-0.05, 0) is 36.5 Å². The summed E-state index contributed by atoms with van der Waals surface area (Å²) in [6.07, 6.45) is 4.38. The van der Waals surface area contributed by atoms with E-state index in [0.717, 1.165) is 38.8 Å². The summed E-state index contributed by atoms with van der Waals surface area (Å²) < 4.78 is 15.1. The van der Waals surface area contributed by atoms with Crippen LogP contribution < -0.4 is 21.3 Å². The minimum atomic E-state index is -0.784. The summed E-state index contributed by atoms with van der Waals surface area (Å²) >= 11 is 0. The van der Waals surface area contributed by atoms with Crippen molar-refractivity contribution >= 4 is 23.4 Å². The molecule has 1 aromatic carbocycles. The van der Waals surface area contributed by atoms with Crippen LogP contribution in [0.25, 0.3) is 0 Å². The summed E-state index contributed by atoms with van der Waals surface area (Å²) in [6, 6.07) is 3.40. The number of rotatable bonds is 8. The second-order valence-electron chi connectivity index (χ2n) is 10.8. The highest BCUT2D eigenvalue weighted by Gasteiger charge is 2.34. The summed E-state index contributed by atoms with van der Waals surface area (Å²) in [4.78, 5) is 41.5. The number of piperazine rings is 1. The highest BCUT2D eigenvalue weighted by atomic mass is 19.1. The third-order valence-electron chi connectivity index (χ3n) is 8.08. The standard InChI is InChI=1S/C27H42FN5O3/c1-5-23(34)31-25(27(36)33-14-12-32(4)13-15-33)18(3)20-10-11-22(21(28)16-20)30-26(35)24(29)19-8-6-17(2)7-9-19/h10-11,16-19,24-25H,5-9,12-15,29H2,1-4H3,(H,30,35)(H,31,34)/p+2/t17?,18-,19?,24-,25+/m0/s1. The van der Waals surface area contributed by atoms with Crippen molar-refractivity contribution in [3.05, 3.63) is 29.6 Å². The lowest BCUT2D eigenvalue weighted by atomic mass is 9.79. The number of carbonyl (C=O) groups excluding carboxylic acids is 3. The Bertz CT molecular complexity index is 926. The van der Waals surface area contributed by atoms with E-state index in [1.807, 2.05) is 6.92 Å². The number of benzene rings is 1. The lowest BCUT2D eigenvalue weighted by Gasteiger charge is -2.34. The molecule has 1 aromatic rings. The second kappa shape index (κ2) is 12.6. The van der Waals surface area contributed by atoms with E-state index in [0.29, 0.717) is 24.6 Å². The summed E-state index contributed by atoms with van der Waals surface area (Å²) in [7, 11) is 2.09.